The van der Waals surface area contributed by atoms with Gasteiger partial charge < -0.3 is 20.1 Å². The second-order valence-electron chi connectivity index (χ2n) is 6.33. The fraction of sp³-hybridized carbons (Fsp3) is 0.688. The number of alkyl carbamates (subject to hydrolysis) is 1. The van der Waals surface area contributed by atoms with Crippen molar-refractivity contribution in [2.24, 2.45) is 5.92 Å². The molecule has 23 heavy (non-hydrogen) atoms. The van der Waals surface area contributed by atoms with Gasteiger partial charge in [0.15, 0.2) is 0 Å². The lowest BCUT2D eigenvalue weighted by Gasteiger charge is -2.25. The van der Waals surface area contributed by atoms with Crippen LogP contribution < -0.4 is 10.6 Å². The molecule has 0 aromatic carbocycles. The van der Waals surface area contributed by atoms with Gasteiger partial charge in [-0.25, -0.2) is 9.59 Å². The molecule has 2 amide bonds. The van der Waals surface area contributed by atoms with Crippen molar-refractivity contribution in [3.8, 4) is 0 Å². The Bertz CT molecular complexity index is 468. The largest absolute Gasteiger partial charge is 0.463 e. The van der Waals surface area contributed by atoms with Gasteiger partial charge in [0, 0.05) is 18.7 Å². The van der Waals surface area contributed by atoms with E-state index in [9.17, 15) is 14.4 Å². The Morgan fingerprint density at radius 2 is 2.13 bits per heavy atom. The van der Waals surface area contributed by atoms with Crippen LogP contribution in [-0.4, -0.2) is 42.8 Å². The van der Waals surface area contributed by atoms with E-state index in [1.54, 1.807) is 33.8 Å². The minimum atomic E-state index is -0.618. The summed E-state index contributed by atoms with van der Waals surface area (Å²) in [6, 6.07) is -0.432. The maximum absolute atomic E-state index is 12.0. The molecule has 1 aliphatic heterocycles. The van der Waals surface area contributed by atoms with Gasteiger partial charge in [-0.15, -0.1) is 0 Å². The summed E-state index contributed by atoms with van der Waals surface area (Å²) in [6.45, 7) is 7.91. The van der Waals surface area contributed by atoms with E-state index in [0.717, 1.165) is 0 Å². The number of rotatable bonds is 6. The minimum Gasteiger partial charge on any atom is -0.463 e. The van der Waals surface area contributed by atoms with E-state index in [4.69, 9.17) is 9.47 Å². The van der Waals surface area contributed by atoms with Crippen LogP contribution in [0.5, 0.6) is 0 Å². The van der Waals surface area contributed by atoms with Crippen molar-refractivity contribution in [3.05, 3.63) is 12.2 Å². The van der Waals surface area contributed by atoms with E-state index >= 15 is 0 Å². The summed E-state index contributed by atoms with van der Waals surface area (Å²) in [5.41, 5.74) is -0.618. The van der Waals surface area contributed by atoms with Gasteiger partial charge in [-0.05, 0) is 40.5 Å². The fourth-order valence-corrected chi connectivity index (χ4v) is 2.28. The number of esters is 1. The summed E-state index contributed by atoms with van der Waals surface area (Å²) in [5, 5.41) is 5.47. The van der Waals surface area contributed by atoms with Crippen LogP contribution >= 0.6 is 0 Å². The Kier molecular flexibility index (Phi) is 7.06. The van der Waals surface area contributed by atoms with Gasteiger partial charge >= 0.3 is 12.1 Å². The number of nitrogens with one attached hydrogen (secondary N) is 2. The summed E-state index contributed by atoms with van der Waals surface area (Å²) >= 11 is 0. The Morgan fingerprint density at radius 3 is 2.65 bits per heavy atom. The molecule has 1 fully saturated rings. The van der Waals surface area contributed by atoms with Gasteiger partial charge in [0.05, 0.1) is 12.5 Å². The maximum Gasteiger partial charge on any atom is 0.407 e. The first-order chi connectivity index (χ1) is 10.7. The molecule has 0 aromatic rings. The van der Waals surface area contributed by atoms with Gasteiger partial charge in [0.25, 0.3) is 0 Å². The molecule has 7 heteroatoms. The van der Waals surface area contributed by atoms with Gasteiger partial charge in [-0.1, -0.05) is 6.08 Å². The van der Waals surface area contributed by atoms with E-state index in [-0.39, 0.29) is 11.8 Å². The number of hydrogen-bond acceptors (Lipinski definition) is 5. The molecule has 0 aromatic heterocycles. The van der Waals surface area contributed by atoms with Crippen molar-refractivity contribution in [2.45, 2.75) is 52.2 Å². The number of amides is 2. The van der Waals surface area contributed by atoms with E-state index < -0.39 is 23.7 Å². The monoisotopic (exact) mass is 326 g/mol. The number of carbonyl (C=O) groups excluding carboxylic acids is 3. The van der Waals surface area contributed by atoms with Crippen LogP contribution in [0.25, 0.3) is 0 Å². The van der Waals surface area contributed by atoms with E-state index in [1.165, 1.54) is 6.08 Å². The van der Waals surface area contributed by atoms with Crippen LogP contribution in [0.4, 0.5) is 4.79 Å². The third kappa shape index (κ3) is 7.17. The third-order valence-corrected chi connectivity index (χ3v) is 3.21. The molecular weight excluding hydrogens is 300 g/mol. The van der Waals surface area contributed by atoms with Crippen molar-refractivity contribution in [1.29, 1.82) is 0 Å². The Balaban J connectivity index is 2.68. The number of ether oxygens (including phenoxy) is 2. The molecule has 1 saturated heterocycles. The molecule has 0 aliphatic carbocycles. The zero-order chi connectivity index (χ0) is 17.5. The highest BCUT2D eigenvalue weighted by Crippen LogP contribution is 2.18. The zero-order valence-corrected chi connectivity index (χ0v) is 14.2. The van der Waals surface area contributed by atoms with E-state index in [1.807, 2.05) is 0 Å². The lowest BCUT2D eigenvalue weighted by molar-refractivity contribution is -0.137. The van der Waals surface area contributed by atoms with Crippen LogP contribution in [-0.2, 0) is 19.1 Å². The fourth-order valence-electron chi connectivity index (χ4n) is 2.28. The smallest absolute Gasteiger partial charge is 0.407 e. The first-order valence-corrected chi connectivity index (χ1v) is 7.83. The molecule has 0 saturated carbocycles. The SMILES string of the molecule is CCOC(=O)C=CCC(NC(=O)OC(C)(C)C)C1CCNC1=O. The molecule has 0 radical (unpaired) electrons. The summed E-state index contributed by atoms with van der Waals surface area (Å²) in [5.74, 6) is -0.885. The van der Waals surface area contributed by atoms with Gasteiger partial charge in [-0.2, -0.15) is 0 Å². The molecular formula is C16H26N2O5. The summed E-state index contributed by atoms with van der Waals surface area (Å²) in [7, 11) is 0. The molecule has 2 unspecified atom stereocenters. The molecule has 2 atom stereocenters. The Hall–Kier alpha value is -2.05. The zero-order valence-electron chi connectivity index (χ0n) is 14.2. The molecule has 0 bridgehead atoms. The first kappa shape index (κ1) is 19.0. The average Bonchev–Trinajstić information content (AvgIpc) is 2.82. The lowest BCUT2D eigenvalue weighted by Crippen LogP contribution is -2.44. The number of hydrogen-bond donors (Lipinski definition) is 2. The summed E-state index contributed by atoms with van der Waals surface area (Å²) < 4.78 is 10.0. The van der Waals surface area contributed by atoms with Gasteiger partial charge in [-0.3, -0.25) is 4.79 Å². The van der Waals surface area contributed by atoms with E-state index in [0.29, 0.717) is 26.0 Å². The van der Waals surface area contributed by atoms with Crippen molar-refractivity contribution < 1.29 is 23.9 Å². The first-order valence-electron chi connectivity index (χ1n) is 7.83. The maximum atomic E-state index is 12.0. The Labute approximate surface area is 136 Å². The van der Waals surface area contributed by atoms with Crippen LogP contribution in [0.3, 0.4) is 0 Å². The predicted molar refractivity (Wildman–Crippen MR) is 84.7 cm³/mol. The van der Waals surface area contributed by atoms with Crippen LogP contribution in [0, 0.1) is 5.92 Å². The van der Waals surface area contributed by atoms with Gasteiger partial charge in [0.1, 0.15) is 5.60 Å². The molecule has 1 heterocycles. The quantitative estimate of drug-likeness (QED) is 0.570. The molecule has 1 aliphatic rings. The Morgan fingerprint density at radius 1 is 1.43 bits per heavy atom. The topological polar surface area (TPSA) is 93.7 Å². The van der Waals surface area contributed by atoms with E-state index in [2.05, 4.69) is 10.6 Å². The van der Waals surface area contributed by atoms with Crippen molar-refractivity contribution >= 4 is 18.0 Å². The van der Waals surface area contributed by atoms with Crippen LogP contribution in [0.1, 0.15) is 40.5 Å². The van der Waals surface area contributed by atoms with Crippen LogP contribution in [0.15, 0.2) is 12.2 Å². The second-order valence-corrected chi connectivity index (χ2v) is 6.33. The van der Waals surface area contributed by atoms with Crippen LogP contribution in [0.2, 0.25) is 0 Å². The molecule has 1 rings (SSSR count). The van der Waals surface area contributed by atoms with Crippen molar-refractivity contribution in [2.75, 3.05) is 13.2 Å². The number of carbonyl (C=O) groups is 3. The third-order valence-electron chi connectivity index (χ3n) is 3.21. The standard InChI is InChI=1S/C16H26N2O5/c1-5-22-13(19)8-6-7-12(11-9-10-17-14(11)20)18-15(21)23-16(2,3)4/h6,8,11-12H,5,7,9-10H2,1-4H3,(H,17,20)(H,18,21). The molecule has 130 valence electrons. The van der Waals surface area contributed by atoms with Gasteiger partial charge in [0.2, 0.25) is 5.91 Å². The van der Waals surface area contributed by atoms with Crippen molar-refractivity contribution in [1.82, 2.24) is 10.6 Å². The highest BCUT2D eigenvalue weighted by molar-refractivity contribution is 5.83. The second kappa shape index (κ2) is 8.55. The minimum absolute atomic E-state index is 0.101. The molecule has 7 nitrogen and oxygen atoms in total. The average molecular weight is 326 g/mol. The molecule has 0 spiro atoms. The molecule has 2 N–H and O–H groups in total. The summed E-state index contributed by atoms with van der Waals surface area (Å²) in [6.07, 6.45) is 3.31. The van der Waals surface area contributed by atoms with Crippen molar-refractivity contribution in [3.63, 3.8) is 0 Å². The predicted octanol–water partition coefficient (Wildman–Crippen LogP) is 1.53. The highest BCUT2D eigenvalue weighted by Gasteiger charge is 2.33. The summed E-state index contributed by atoms with van der Waals surface area (Å²) in [4.78, 5) is 35.1. The lowest BCUT2D eigenvalue weighted by atomic mass is 9.95. The highest BCUT2D eigenvalue weighted by atomic mass is 16.6. The normalized spacial score (nSPS) is 19.3.